The predicted octanol–water partition coefficient (Wildman–Crippen LogP) is 3.72. The fourth-order valence-electron chi connectivity index (χ4n) is 4.72. The molecule has 1 fully saturated rings. The van der Waals surface area contributed by atoms with Crippen molar-refractivity contribution in [3.8, 4) is 11.3 Å². The quantitative estimate of drug-likeness (QED) is 0.412. The Labute approximate surface area is 190 Å². The van der Waals surface area contributed by atoms with Crippen LogP contribution in [0.2, 0.25) is 0 Å². The summed E-state index contributed by atoms with van der Waals surface area (Å²) in [6, 6.07) is 18.5. The van der Waals surface area contributed by atoms with Crippen LogP contribution in [0.15, 0.2) is 71.6 Å². The maximum absolute atomic E-state index is 13.5. The molecule has 1 saturated heterocycles. The largest absolute Gasteiger partial charge is 0.289 e. The molecule has 0 saturated carbocycles. The standard InChI is InChI=1S/C25H19N3O4S/c29-24-19-10-2-1-9-18(19)23-22-20(24)11-6-12-21(22)28(26-23)25(30)16-7-5-8-17(15-16)33(31,32)27-13-3-4-14-27/h1-2,5-12,15H,3-4,13-14H2. The summed E-state index contributed by atoms with van der Waals surface area (Å²) < 4.78 is 28.7. The lowest BCUT2D eigenvalue weighted by Crippen LogP contribution is -2.28. The third-order valence-electron chi connectivity index (χ3n) is 6.36. The molecule has 2 aliphatic rings. The van der Waals surface area contributed by atoms with Crippen molar-refractivity contribution in [3.05, 3.63) is 83.4 Å². The first-order valence-electron chi connectivity index (χ1n) is 10.8. The van der Waals surface area contributed by atoms with Crippen molar-refractivity contribution in [3.63, 3.8) is 0 Å². The summed E-state index contributed by atoms with van der Waals surface area (Å²) in [6.07, 6.45) is 1.67. The number of nitrogens with zero attached hydrogens (tertiary/aromatic N) is 3. The number of sulfonamides is 1. The molecule has 7 nitrogen and oxygen atoms in total. The molecular formula is C25H19N3O4S. The highest BCUT2D eigenvalue weighted by molar-refractivity contribution is 7.89. The highest BCUT2D eigenvalue weighted by atomic mass is 32.2. The average molecular weight is 458 g/mol. The van der Waals surface area contributed by atoms with Gasteiger partial charge in [-0.2, -0.15) is 14.1 Å². The topological polar surface area (TPSA) is 89.3 Å². The van der Waals surface area contributed by atoms with Gasteiger partial charge in [0.2, 0.25) is 10.0 Å². The van der Waals surface area contributed by atoms with Gasteiger partial charge in [0.15, 0.2) is 5.78 Å². The fourth-order valence-corrected chi connectivity index (χ4v) is 6.29. The fraction of sp³-hybridized carbons (Fsp3) is 0.160. The van der Waals surface area contributed by atoms with Crippen molar-refractivity contribution < 1.29 is 18.0 Å². The summed E-state index contributed by atoms with van der Waals surface area (Å²) in [5.41, 5.74) is 3.05. The Morgan fingerprint density at radius 3 is 2.33 bits per heavy atom. The van der Waals surface area contributed by atoms with Gasteiger partial charge < -0.3 is 0 Å². The van der Waals surface area contributed by atoms with Crippen molar-refractivity contribution in [2.45, 2.75) is 17.7 Å². The highest BCUT2D eigenvalue weighted by Crippen LogP contribution is 2.38. The van der Waals surface area contributed by atoms with E-state index in [9.17, 15) is 18.0 Å². The van der Waals surface area contributed by atoms with Crippen LogP contribution in [0.5, 0.6) is 0 Å². The smallest absolute Gasteiger partial charge is 0.278 e. The van der Waals surface area contributed by atoms with Gasteiger partial charge in [0.25, 0.3) is 5.91 Å². The van der Waals surface area contributed by atoms with Crippen LogP contribution < -0.4 is 0 Å². The number of carbonyl (C=O) groups is 2. The van der Waals surface area contributed by atoms with Crippen molar-refractivity contribution in [1.29, 1.82) is 0 Å². The lowest BCUT2D eigenvalue weighted by molar-refractivity contribution is 0.0950. The Morgan fingerprint density at radius 2 is 1.55 bits per heavy atom. The van der Waals surface area contributed by atoms with Gasteiger partial charge in [-0.1, -0.05) is 42.5 Å². The zero-order chi connectivity index (χ0) is 22.7. The molecule has 33 heavy (non-hydrogen) atoms. The second kappa shape index (κ2) is 7.19. The molecule has 8 heteroatoms. The van der Waals surface area contributed by atoms with Crippen molar-refractivity contribution >= 4 is 32.6 Å². The second-order valence-corrected chi connectivity index (χ2v) is 10.2. The number of aromatic nitrogens is 2. The van der Waals surface area contributed by atoms with E-state index >= 15 is 0 Å². The molecule has 0 radical (unpaired) electrons. The van der Waals surface area contributed by atoms with Crippen molar-refractivity contribution in [2.24, 2.45) is 0 Å². The lowest BCUT2D eigenvalue weighted by Gasteiger charge is -2.15. The second-order valence-electron chi connectivity index (χ2n) is 8.28. The number of carbonyl (C=O) groups excluding carboxylic acids is 2. The maximum Gasteiger partial charge on any atom is 0.278 e. The van der Waals surface area contributed by atoms with E-state index in [1.807, 2.05) is 12.1 Å². The minimum absolute atomic E-state index is 0.0949. The summed E-state index contributed by atoms with van der Waals surface area (Å²) in [5.74, 6) is -0.553. The molecule has 1 aliphatic heterocycles. The van der Waals surface area contributed by atoms with E-state index in [0.29, 0.717) is 46.4 Å². The third-order valence-corrected chi connectivity index (χ3v) is 8.25. The molecule has 6 rings (SSSR count). The molecule has 1 aliphatic carbocycles. The molecule has 0 bridgehead atoms. The summed E-state index contributed by atoms with van der Waals surface area (Å²) in [4.78, 5) is 26.6. The van der Waals surface area contributed by atoms with E-state index in [1.54, 1.807) is 42.5 Å². The first-order valence-corrected chi connectivity index (χ1v) is 12.2. The Hall–Kier alpha value is -3.62. The molecular weight excluding hydrogens is 438 g/mol. The SMILES string of the molecule is O=C1c2ccccc2-c2nn(C(=O)c3cccc(S(=O)(=O)N4CCCC4)c3)c3cccc1c23. The minimum Gasteiger partial charge on any atom is -0.289 e. The van der Waals surface area contributed by atoms with Gasteiger partial charge in [-0.3, -0.25) is 9.59 Å². The van der Waals surface area contributed by atoms with Crippen LogP contribution in [-0.2, 0) is 10.0 Å². The molecule has 0 N–H and O–H groups in total. The van der Waals surface area contributed by atoms with Crippen LogP contribution in [-0.4, -0.2) is 47.3 Å². The van der Waals surface area contributed by atoms with Crippen LogP contribution in [0, 0.1) is 0 Å². The van der Waals surface area contributed by atoms with Crippen LogP contribution >= 0.6 is 0 Å². The molecule has 1 aromatic heterocycles. The maximum atomic E-state index is 13.5. The van der Waals surface area contributed by atoms with Gasteiger partial charge in [0.05, 0.1) is 10.4 Å². The van der Waals surface area contributed by atoms with E-state index < -0.39 is 15.9 Å². The normalized spacial score (nSPS) is 15.7. The predicted molar refractivity (Wildman–Crippen MR) is 123 cm³/mol. The van der Waals surface area contributed by atoms with Crippen LogP contribution in [0.4, 0.5) is 0 Å². The monoisotopic (exact) mass is 457 g/mol. The van der Waals surface area contributed by atoms with E-state index in [2.05, 4.69) is 5.10 Å². The average Bonchev–Trinajstić information content (AvgIpc) is 3.52. The first kappa shape index (κ1) is 20.0. The molecule has 164 valence electrons. The minimum atomic E-state index is -3.66. The number of hydrogen-bond acceptors (Lipinski definition) is 5. The number of ketones is 1. The van der Waals surface area contributed by atoms with E-state index in [0.717, 1.165) is 12.8 Å². The highest BCUT2D eigenvalue weighted by Gasteiger charge is 2.31. The molecule has 0 unspecified atom stereocenters. The number of benzene rings is 3. The van der Waals surface area contributed by atoms with E-state index in [1.165, 1.54) is 21.1 Å². The first-order chi connectivity index (χ1) is 16.0. The Kier molecular flexibility index (Phi) is 4.36. The zero-order valence-corrected chi connectivity index (χ0v) is 18.4. The Balaban J connectivity index is 1.49. The van der Waals surface area contributed by atoms with Gasteiger partial charge in [-0.05, 0) is 37.1 Å². The van der Waals surface area contributed by atoms with Gasteiger partial charge in [0.1, 0.15) is 5.69 Å². The molecule has 0 atom stereocenters. The van der Waals surface area contributed by atoms with E-state index in [4.69, 9.17) is 0 Å². The van der Waals surface area contributed by atoms with Gasteiger partial charge in [0, 0.05) is 40.7 Å². The Morgan fingerprint density at radius 1 is 0.848 bits per heavy atom. The van der Waals surface area contributed by atoms with Crippen LogP contribution in [0.3, 0.4) is 0 Å². The molecule has 0 spiro atoms. The Bertz CT molecular complexity index is 1580. The summed E-state index contributed by atoms with van der Waals surface area (Å²) >= 11 is 0. The molecule has 2 heterocycles. The summed E-state index contributed by atoms with van der Waals surface area (Å²) in [5, 5.41) is 5.23. The summed E-state index contributed by atoms with van der Waals surface area (Å²) in [6.45, 7) is 0.980. The molecule has 4 aromatic rings. The van der Waals surface area contributed by atoms with Crippen molar-refractivity contribution in [2.75, 3.05) is 13.1 Å². The van der Waals surface area contributed by atoms with E-state index in [-0.39, 0.29) is 16.2 Å². The number of rotatable bonds is 3. The lowest BCUT2D eigenvalue weighted by atomic mass is 9.87. The van der Waals surface area contributed by atoms with Gasteiger partial charge in [-0.25, -0.2) is 8.42 Å². The van der Waals surface area contributed by atoms with Crippen molar-refractivity contribution in [1.82, 2.24) is 14.1 Å². The number of fused-ring (bicyclic) bond motifs is 2. The summed E-state index contributed by atoms with van der Waals surface area (Å²) in [7, 11) is -3.66. The number of hydrogen-bond donors (Lipinski definition) is 0. The van der Waals surface area contributed by atoms with Crippen LogP contribution in [0.25, 0.3) is 22.2 Å². The van der Waals surface area contributed by atoms with Crippen LogP contribution in [0.1, 0.15) is 39.1 Å². The van der Waals surface area contributed by atoms with Gasteiger partial charge >= 0.3 is 0 Å². The van der Waals surface area contributed by atoms with Gasteiger partial charge in [-0.15, -0.1) is 0 Å². The molecule has 3 aromatic carbocycles. The molecule has 0 amide bonds. The third kappa shape index (κ3) is 2.91. The zero-order valence-electron chi connectivity index (χ0n) is 17.6.